The number of piperazine rings is 1. The molecule has 2 saturated heterocycles. The SMILES string of the molecule is CCN1CCN(Cc2ccc(Nc3ccc(N4CCC(F)(F)CC4)cc3)cc2)C(=O)C1. The standard InChI is InChI=1S/C24H30F2N4O/c1-2-28-15-16-30(23(31)18-28)17-19-3-5-20(6-4-19)27-21-7-9-22(10-8-21)29-13-11-24(25,26)12-14-29/h3-10,27H,2,11-18H2,1H3. The van der Waals surface area contributed by atoms with Gasteiger partial charge < -0.3 is 15.1 Å². The molecule has 0 saturated carbocycles. The minimum atomic E-state index is -2.53. The number of hydrogen-bond acceptors (Lipinski definition) is 4. The average Bonchev–Trinajstić information content (AvgIpc) is 2.77. The Morgan fingerprint density at radius 1 is 0.903 bits per heavy atom. The number of hydrogen-bond donors (Lipinski definition) is 1. The van der Waals surface area contributed by atoms with E-state index in [0.717, 1.165) is 42.3 Å². The lowest BCUT2D eigenvalue weighted by Crippen LogP contribution is -2.49. The Hall–Kier alpha value is -2.67. The second kappa shape index (κ2) is 9.22. The number of halogens is 2. The lowest BCUT2D eigenvalue weighted by Gasteiger charge is -2.33. The molecule has 0 aliphatic carbocycles. The number of benzene rings is 2. The summed E-state index contributed by atoms with van der Waals surface area (Å²) < 4.78 is 26.7. The lowest BCUT2D eigenvalue weighted by atomic mass is 10.1. The molecule has 2 heterocycles. The van der Waals surface area contributed by atoms with Gasteiger partial charge in [0.1, 0.15) is 0 Å². The number of amides is 1. The van der Waals surface area contributed by atoms with Crippen LogP contribution < -0.4 is 10.2 Å². The first kappa shape index (κ1) is 21.6. The van der Waals surface area contributed by atoms with Crippen molar-refractivity contribution in [3.05, 3.63) is 54.1 Å². The Balaban J connectivity index is 1.30. The maximum absolute atomic E-state index is 13.4. The number of anilines is 3. The van der Waals surface area contributed by atoms with E-state index in [1.54, 1.807) is 0 Å². The van der Waals surface area contributed by atoms with Crippen molar-refractivity contribution < 1.29 is 13.6 Å². The first-order chi connectivity index (χ1) is 14.9. The summed E-state index contributed by atoms with van der Waals surface area (Å²) in [4.78, 5) is 18.4. The maximum Gasteiger partial charge on any atom is 0.251 e. The van der Waals surface area contributed by atoms with Crippen molar-refractivity contribution >= 4 is 23.0 Å². The molecule has 0 bridgehead atoms. The Morgan fingerprint density at radius 3 is 2.10 bits per heavy atom. The van der Waals surface area contributed by atoms with E-state index in [-0.39, 0.29) is 18.7 Å². The third-order valence-corrected chi connectivity index (χ3v) is 6.19. The highest BCUT2D eigenvalue weighted by Gasteiger charge is 2.34. The number of piperidine rings is 1. The molecule has 31 heavy (non-hydrogen) atoms. The van der Waals surface area contributed by atoms with Gasteiger partial charge in [0.05, 0.1) is 6.54 Å². The molecule has 2 aromatic rings. The van der Waals surface area contributed by atoms with E-state index in [0.29, 0.717) is 26.2 Å². The highest BCUT2D eigenvalue weighted by atomic mass is 19.3. The molecule has 4 rings (SSSR count). The van der Waals surface area contributed by atoms with E-state index in [9.17, 15) is 13.6 Å². The summed E-state index contributed by atoms with van der Waals surface area (Å²) >= 11 is 0. The highest BCUT2D eigenvalue weighted by molar-refractivity contribution is 5.79. The average molecular weight is 429 g/mol. The topological polar surface area (TPSA) is 38.8 Å². The quantitative estimate of drug-likeness (QED) is 0.743. The molecule has 5 nitrogen and oxygen atoms in total. The largest absolute Gasteiger partial charge is 0.371 e. The van der Waals surface area contributed by atoms with Crippen LogP contribution in [-0.4, -0.2) is 60.9 Å². The molecule has 2 fully saturated rings. The van der Waals surface area contributed by atoms with Crippen LogP contribution >= 0.6 is 0 Å². The van der Waals surface area contributed by atoms with Crippen LogP contribution in [0.3, 0.4) is 0 Å². The van der Waals surface area contributed by atoms with Gasteiger partial charge in [0.25, 0.3) is 5.92 Å². The van der Waals surface area contributed by atoms with Gasteiger partial charge in [-0.05, 0) is 48.5 Å². The third-order valence-electron chi connectivity index (χ3n) is 6.19. The highest BCUT2D eigenvalue weighted by Crippen LogP contribution is 2.31. The zero-order chi connectivity index (χ0) is 21.8. The van der Waals surface area contributed by atoms with E-state index in [1.165, 1.54) is 0 Å². The van der Waals surface area contributed by atoms with Gasteiger partial charge in [-0.15, -0.1) is 0 Å². The van der Waals surface area contributed by atoms with Gasteiger partial charge in [-0.25, -0.2) is 8.78 Å². The van der Waals surface area contributed by atoms with Gasteiger partial charge in [0, 0.05) is 62.6 Å². The van der Waals surface area contributed by atoms with E-state index < -0.39 is 5.92 Å². The monoisotopic (exact) mass is 428 g/mol. The fourth-order valence-electron chi connectivity index (χ4n) is 4.12. The molecule has 0 radical (unpaired) electrons. The second-order valence-corrected chi connectivity index (χ2v) is 8.40. The second-order valence-electron chi connectivity index (χ2n) is 8.40. The predicted octanol–water partition coefficient (Wildman–Crippen LogP) is 4.33. The molecule has 0 atom stereocenters. The molecular weight excluding hydrogens is 398 g/mol. The molecule has 166 valence electrons. The summed E-state index contributed by atoms with van der Waals surface area (Å²) in [5.74, 6) is -2.34. The predicted molar refractivity (Wildman–Crippen MR) is 120 cm³/mol. The molecule has 2 aliphatic rings. The minimum Gasteiger partial charge on any atom is -0.371 e. The molecule has 0 spiro atoms. The molecule has 1 N–H and O–H groups in total. The van der Waals surface area contributed by atoms with Crippen LogP contribution in [0.15, 0.2) is 48.5 Å². The van der Waals surface area contributed by atoms with E-state index in [4.69, 9.17) is 0 Å². The van der Waals surface area contributed by atoms with Gasteiger partial charge in [-0.2, -0.15) is 0 Å². The van der Waals surface area contributed by atoms with Crippen LogP contribution in [0, 0.1) is 0 Å². The van der Waals surface area contributed by atoms with Crippen molar-refractivity contribution in [2.75, 3.05) is 49.5 Å². The van der Waals surface area contributed by atoms with Crippen molar-refractivity contribution in [3.63, 3.8) is 0 Å². The van der Waals surface area contributed by atoms with Crippen molar-refractivity contribution in [2.45, 2.75) is 32.2 Å². The first-order valence-corrected chi connectivity index (χ1v) is 11.0. The fraction of sp³-hybridized carbons (Fsp3) is 0.458. The van der Waals surface area contributed by atoms with Crippen molar-refractivity contribution in [1.29, 1.82) is 0 Å². The number of carbonyl (C=O) groups is 1. The Morgan fingerprint density at radius 2 is 1.52 bits per heavy atom. The first-order valence-electron chi connectivity index (χ1n) is 11.0. The molecule has 2 aliphatic heterocycles. The zero-order valence-corrected chi connectivity index (χ0v) is 18.0. The van der Waals surface area contributed by atoms with Gasteiger partial charge in [0.15, 0.2) is 0 Å². The normalized spacial score (nSPS) is 19.5. The summed E-state index contributed by atoms with van der Waals surface area (Å²) in [7, 11) is 0. The summed E-state index contributed by atoms with van der Waals surface area (Å²) in [6, 6.07) is 16.0. The van der Waals surface area contributed by atoms with Crippen LogP contribution in [0.4, 0.5) is 25.8 Å². The Labute approximate surface area is 182 Å². The van der Waals surface area contributed by atoms with Crippen LogP contribution in [0.25, 0.3) is 0 Å². The number of likely N-dealkylation sites (N-methyl/N-ethyl adjacent to an activating group) is 1. The lowest BCUT2D eigenvalue weighted by molar-refractivity contribution is -0.136. The fourth-order valence-corrected chi connectivity index (χ4v) is 4.12. The van der Waals surface area contributed by atoms with Crippen LogP contribution in [0.2, 0.25) is 0 Å². The summed E-state index contributed by atoms with van der Waals surface area (Å²) in [6.07, 6.45) is -0.168. The van der Waals surface area contributed by atoms with Crippen LogP contribution in [-0.2, 0) is 11.3 Å². The summed E-state index contributed by atoms with van der Waals surface area (Å²) in [5, 5.41) is 3.37. The molecule has 0 unspecified atom stereocenters. The molecule has 0 aromatic heterocycles. The Kier molecular flexibility index (Phi) is 6.41. The van der Waals surface area contributed by atoms with E-state index in [1.807, 2.05) is 58.3 Å². The summed E-state index contributed by atoms with van der Waals surface area (Å²) in [6.45, 7) is 6.61. The van der Waals surface area contributed by atoms with Crippen molar-refractivity contribution in [1.82, 2.24) is 9.80 Å². The number of alkyl halides is 2. The summed E-state index contributed by atoms with van der Waals surface area (Å²) in [5.41, 5.74) is 4.01. The number of carbonyl (C=O) groups excluding carboxylic acids is 1. The smallest absolute Gasteiger partial charge is 0.251 e. The number of nitrogens with one attached hydrogen (secondary N) is 1. The Bertz CT molecular complexity index is 875. The van der Waals surface area contributed by atoms with Gasteiger partial charge >= 0.3 is 0 Å². The zero-order valence-electron chi connectivity index (χ0n) is 18.0. The minimum absolute atomic E-state index is 0.0841. The van der Waals surface area contributed by atoms with E-state index >= 15 is 0 Å². The van der Waals surface area contributed by atoms with Crippen molar-refractivity contribution in [2.24, 2.45) is 0 Å². The van der Waals surface area contributed by atoms with Crippen LogP contribution in [0.1, 0.15) is 25.3 Å². The number of nitrogens with zero attached hydrogens (tertiary/aromatic N) is 3. The van der Waals surface area contributed by atoms with Gasteiger partial charge in [-0.1, -0.05) is 19.1 Å². The number of rotatable bonds is 6. The van der Waals surface area contributed by atoms with Gasteiger partial charge in [-0.3, -0.25) is 9.69 Å². The van der Waals surface area contributed by atoms with Gasteiger partial charge in [0.2, 0.25) is 5.91 Å². The van der Waals surface area contributed by atoms with E-state index in [2.05, 4.69) is 17.1 Å². The van der Waals surface area contributed by atoms with Crippen LogP contribution in [0.5, 0.6) is 0 Å². The third kappa shape index (κ3) is 5.53. The molecule has 2 aromatic carbocycles. The maximum atomic E-state index is 13.4. The molecular formula is C24H30F2N4O. The molecule has 7 heteroatoms. The molecule has 1 amide bonds. The van der Waals surface area contributed by atoms with Crippen molar-refractivity contribution in [3.8, 4) is 0 Å².